The van der Waals surface area contributed by atoms with Crippen LogP contribution in [0.5, 0.6) is 0 Å². The molecule has 1 saturated heterocycles. The molecule has 6 heteroatoms. The summed E-state index contributed by atoms with van der Waals surface area (Å²) in [6, 6.07) is -0.0236. The number of hydrogen-bond acceptors (Lipinski definition) is 3. The topological polar surface area (TPSA) is 70.1 Å². The highest BCUT2D eigenvalue weighted by atomic mass is 16.5. The Hall–Kier alpha value is -1.30. The van der Waals surface area contributed by atoms with Crippen molar-refractivity contribution >= 4 is 12.0 Å². The number of methoxy groups -OCH3 is 1. The van der Waals surface area contributed by atoms with Crippen LogP contribution in [0, 0.1) is 11.8 Å². The third-order valence-corrected chi connectivity index (χ3v) is 3.61. The Morgan fingerprint density at radius 3 is 2.47 bits per heavy atom. The van der Waals surface area contributed by atoms with Gasteiger partial charge in [0.25, 0.3) is 0 Å². The van der Waals surface area contributed by atoms with Crippen LogP contribution in [0.2, 0.25) is 0 Å². The van der Waals surface area contributed by atoms with E-state index in [0.29, 0.717) is 26.2 Å². The first-order chi connectivity index (χ1) is 8.88. The molecule has 2 unspecified atom stereocenters. The predicted octanol–water partition coefficient (Wildman–Crippen LogP) is 1.12. The monoisotopic (exact) mass is 272 g/mol. The maximum absolute atomic E-state index is 12.4. The zero-order valence-corrected chi connectivity index (χ0v) is 12.1. The minimum Gasteiger partial charge on any atom is -0.481 e. The van der Waals surface area contributed by atoms with Gasteiger partial charge >= 0.3 is 12.0 Å². The molecule has 0 aliphatic carbocycles. The van der Waals surface area contributed by atoms with Gasteiger partial charge in [0.2, 0.25) is 0 Å². The predicted molar refractivity (Wildman–Crippen MR) is 71.0 cm³/mol. The Balaban J connectivity index is 2.68. The third-order valence-electron chi connectivity index (χ3n) is 3.61. The minimum absolute atomic E-state index is 0.00196. The van der Waals surface area contributed by atoms with Gasteiger partial charge in [0.1, 0.15) is 0 Å². The van der Waals surface area contributed by atoms with Crippen molar-refractivity contribution in [1.82, 2.24) is 9.80 Å². The van der Waals surface area contributed by atoms with Gasteiger partial charge in [0.15, 0.2) is 0 Å². The number of rotatable bonds is 5. The molecular formula is C13H24N2O4. The van der Waals surface area contributed by atoms with E-state index < -0.39 is 11.9 Å². The first kappa shape index (κ1) is 15.8. The lowest BCUT2D eigenvalue weighted by atomic mass is 9.99. The van der Waals surface area contributed by atoms with Crippen LogP contribution < -0.4 is 0 Å². The Labute approximate surface area is 114 Å². The number of carbonyl (C=O) groups excluding carboxylic acids is 1. The second kappa shape index (κ2) is 6.75. The van der Waals surface area contributed by atoms with Gasteiger partial charge in [-0.05, 0) is 19.8 Å². The average molecular weight is 272 g/mol. The number of nitrogens with zero attached hydrogens (tertiary/aromatic N) is 2. The highest BCUT2D eigenvalue weighted by Gasteiger charge is 2.38. The highest BCUT2D eigenvalue weighted by molar-refractivity contribution is 5.78. The quantitative estimate of drug-likeness (QED) is 0.814. The number of carboxylic acids is 1. The minimum atomic E-state index is -0.823. The summed E-state index contributed by atoms with van der Waals surface area (Å²) in [5.41, 5.74) is 0. The van der Waals surface area contributed by atoms with Crippen molar-refractivity contribution in [1.29, 1.82) is 0 Å². The molecule has 1 aliphatic heterocycles. The summed E-state index contributed by atoms with van der Waals surface area (Å²) >= 11 is 0. The van der Waals surface area contributed by atoms with Crippen molar-refractivity contribution in [3.05, 3.63) is 0 Å². The lowest BCUT2D eigenvalue weighted by molar-refractivity contribution is -0.142. The van der Waals surface area contributed by atoms with Gasteiger partial charge in [-0.15, -0.1) is 0 Å². The van der Waals surface area contributed by atoms with Gasteiger partial charge in [0, 0.05) is 32.8 Å². The number of carbonyl (C=O) groups is 2. The number of aliphatic carboxylic acids is 1. The van der Waals surface area contributed by atoms with Crippen LogP contribution in [0.4, 0.5) is 4.79 Å². The standard InChI is InChI=1S/C13H24N2O4/c1-9(2)15(5-6-19-4)13(18)14-7-10(3)11(8-14)12(16)17/h9-11H,5-8H2,1-4H3,(H,16,17). The van der Waals surface area contributed by atoms with Crippen molar-refractivity contribution in [2.24, 2.45) is 11.8 Å². The number of hydrogen-bond donors (Lipinski definition) is 1. The Kier molecular flexibility index (Phi) is 5.60. The van der Waals surface area contributed by atoms with Crippen LogP contribution in [0.25, 0.3) is 0 Å². The van der Waals surface area contributed by atoms with Gasteiger partial charge in [-0.3, -0.25) is 4.79 Å². The lowest BCUT2D eigenvalue weighted by Gasteiger charge is -2.31. The van der Waals surface area contributed by atoms with E-state index in [9.17, 15) is 9.59 Å². The molecule has 6 nitrogen and oxygen atoms in total. The summed E-state index contributed by atoms with van der Waals surface area (Å²) in [4.78, 5) is 26.9. The Bertz CT molecular complexity index is 333. The molecule has 19 heavy (non-hydrogen) atoms. The van der Waals surface area contributed by atoms with Gasteiger partial charge in [-0.1, -0.05) is 6.92 Å². The molecule has 1 rings (SSSR count). The van der Waals surface area contributed by atoms with E-state index in [1.54, 1.807) is 16.9 Å². The van der Waals surface area contributed by atoms with Crippen molar-refractivity contribution in [2.75, 3.05) is 33.4 Å². The van der Waals surface area contributed by atoms with Crippen molar-refractivity contribution in [3.8, 4) is 0 Å². The number of ether oxygens (including phenoxy) is 1. The molecule has 1 fully saturated rings. The first-order valence-corrected chi connectivity index (χ1v) is 6.65. The van der Waals surface area contributed by atoms with Gasteiger partial charge in [0.05, 0.1) is 12.5 Å². The molecule has 2 atom stereocenters. The third kappa shape index (κ3) is 3.83. The zero-order chi connectivity index (χ0) is 14.6. The smallest absolute Gasteiger partial charge is 0.320 e. The van der Waals surface area contributed by atoms with E-state index in [2.05, 4.69) is 0 Å². The summed E-state index contributed by atoms with van der Waals surface area (Å²) < 4.78 is 5.01. The molecule has 110 valence electrons. The van der Waals surface area contributed by atoms with Gasteiger partial charge in [-0.25, -0.2) is 4.79 Å². The number of urea groups is 1. The molecule has 0 saturated carbocycles. The molecule has 0 spiro atoms. The fourth-order valence-corrected chi connectivity index (χ4v) is 2.39. The number of likely N-dealkylation sites (tertiary alicyclic amines) is 1. The summed E-state index contributed by atoms with van der Waals surface area (Å²) in [5, 5.41) is 9.10. The molecule has 1 heterocycles. The molecule has 0 aromatic carbocycles. The van der Waals surface area contributed by atoms with E-state index in [1.165, 1.54) is 0 Å². The molecule has 2 amide bonds. The largest absolute Gasteiger partial charge is 0.481 e. The SMILES string of the molecule is COCCN(C(=O)N1CC(C)C(C(=O)O)C1)C(C)C. The number of carboxylic acid groups (broad SMARTS) is 1. The molecule has 0 radical (unpaired) electrons. The molecule has 1 N–H and O–H groups in total. The normalized spacial score (nSPS) is 22.9. The maximum atomic E-state index is 12.4. The van der Waals surface area contributed by atoms with Crippen LogP contribution in [0.3, 0.4) is 0 Å². The Morgan fingerprint density at radius 2 is 2.05 bits per heavy atom. The second-order valence-electron chi connectivity index (χ2n) is 5.39. The molecule has 0 aromatic rings. The van der Waals surface area contributed by atoms with Gasteiger partial charge in [-0.2, -0.15) is 0 Å². The molecular weight excluding hydrogens is 248 g/mol. The number of amides is 2. The first-order valence-electron chi connectivity index (χ1n) is 6.65. The van der Waals surface area contributed by atoms with E-state index >= 15 is 0 Å². The average Bonchev–Trinajstić information content (AvgIpc) is 2.71. The zero-order valence-electron chi connectivity index (χ0n) is 12.1. The summed E-state index contributed by atoms with van der Waals surface area (Å²) in [7, 11) is 1.60. The summed E-state index contributed by atoms with van der Waals surface area (Å²) in [6.45, 7) is 7.58. The summed E-state index contributed by atoms with van der Waals surface area (Å²) in [6.07, 6.45) is 0. The maximum Gasteiger partial charge on any atom is 0.320 e. The van der Waals surface area contributed by atoms with E-state index in [0.717, 1.165) is 0 Å². The Morgan fingerprint density at radius 1 is 1.42 bits per heavy atom. The van der Waals surface area contributed by atoms with E-state index in [4.69, 9.17) is 9.84 Å². The lowest BCUT2D eigenvalue weighted by Crippen LogP contribution is -2.47. The molecule has 0 aromatic heterocycles. The van der Waals surface area contributed by atoms with Crippen LogP contribution in [-0.4, -0.2) is 66.3 Å². The molecule has 1 aliphatic rings. The van der Waals surface area contributed by atoms with Crippen LogP contribution in [0.1, 0.15) is 20.8 Å². The van der Waals surface area contributed by atoms with Crippen LogP contribution >= 0.6 is 0 Å². The van der Waals surface area contributed by atoms with Crippen molar-refractivity contribution in [3.63, 3.8) is 0 Å². The second-order valence-corrected chi connectivity index (χ2v) is 5.39. The molecule has 0 bridgehead atoms. The van der Waals surface area contributed by atoms with Gasteiger partial charge < -0.3 is 19.6 Å². The van der Waals surface area contributed by atoms with Crippen molar-refractivity contribution in [2.45, 2.75) is 26.8 Å². The van der Waals surface area contributed by atoms with Crippen LogP contribution in [-0.2, 0) is 9.53 Å². The highest BCUT2D eigenvalue weighted by Crippen LogP contribution is 2.24. The van der Waals surface area contributed by atoms with E-state index in [-0.39, 0.29) is 18.0 Å². The van der Waals surface area contributed by atoms with Crippen LogP contribution in [0.15, 0.2) is 0 Å². The fraction of sp³-hybridized carbons (Fsp3) is 0.846. The van der Waals surface area contributed by atoms with E-state index in [1.807, 2.05) is 20.8 Å². The van der Waals surface area contributed by atoms with Crippen molar-refractivity contribution < 1.29 is 19.4 Å². The summed E-state index contributed by atoms with van der Waals surface area (Å²) in [5.74, 6) is -1.28. The fourth-order valence-electron chi connectivity index (χ4n) is 2.39.